The van der Waals surface area contributed by atoms with Crippen molar-refractivity contribution in [3.63, 3.8) is 0 Å². The van der Waals surface area contributed by atoms with E-state index in [1.807, 2.05) is 36.4 Å². The van der Waals surface area contributed by atoms with Gasteiger partial charge in [0.05, 0.1) is 0 Å². The maximum Gasteiger partial charge on any atom is 0.164 e. The summed E-state index contributed by atoms with van der Waals surface area (Å²) in [4.78, 5) is 15.1. The molecule has 214 valence electrons. The molecule has 7 aromatic carbocycles. The van der Waals surface area contributed by atoms with E-state index in [4.69, 9.17) is 15.0 Å². The van der Waals surface area contributed by atoms with Gasteiger partial charge in [0.2, 0.25) is 0 Å². The predicted molar refractivity (Wildman–Crippen MR) is 189 cm³/mol. The van der Waals surface area contributed by atoms with Crippen molar-refractivity contribution in [2.45, 2.75) is 0 Å². The molecule has 0 fully saturated rings. The molecule has 8 aromatic rings. The smallest absolute Gasteiger partial charge is 0.164 e. The van der Waals surface area contributed by atoms with Crippen molar-refractivity contribution in [1.82, 2.24) is 15.0 Å². The van der Waals surface area contributed by atoms with Gasteiger partial charge in [0.15, 0.2) is 17.5 Å². The highest BCUT2D eigenvalue weighted by Crippen LogP contribution is 2.48. The minimum atomic E-state index is 0.649. The van der Waals surface area contributed by atoms with Gasteiger partial charge in [-0.15, -0.1) is 0 Å². The normalized spacial score (nSPS) is 11.5. The zero-order valence-electron chi connectivity index (χ0n) is 24.9. The maximum atomic E-state index is 5.09. The van der Waals surface area contributed by atoms with Crippen LogP contribution in [0.2, 0.25) is 0 Å². The van der Waals surface area contributed by atoms with Gasteiger partial charge in [-0.1, -0.05) is 158 Å². The largest absolute Gasteiger partial charge is 0.208 e. The lowest BCUT2D eigenvalue weighted by Gasteiger charge is -2.14. The third kappa shape index (κ3) is 4.41. The minimum Gasteiger partial charge on any atom is -0.208 e. The van der Waals surface area contributed by atoms with Crippen LogP contribution >= 0.6 is 0 Å². The predicted octanol–water partition coefficient (Wildman–Crippen LogP) is 11.0. The molecule has 1 aliphatic carbocycles. The molecule has 0 bridgehead atoms. The molecule has 0 saturated heterocycles. The second-order valence-electron chi connectivity index (χ2n) is 11.6. The fourth-order valence-electron chi connectivity index (χ4n) is 6.68. The van der Waals surface area contributed by atoms with Crippen molar-refractivity contribution in [1.29, 1.82) is 0 Å². The van der Waals surface area contributed by atoms with Crippen LogP contribution in [-0.4, -0.2) is 15.0 Å². The summed E-state index contributed by atoms with van der Waals surface area (Å²) in [5.41, 5.74) is 12.5. The Balaban J connectivity index is 1.24. The van der Waals surface area contributed by atoms with E-state index >= 15 is 0 Å². The fraction of sp³-hybridized carbons (Fsp3) is 0. The van der Waals surface area contributed by atoms with E-state index in [-0.39, 0.29) is 0 Å². The highest BCUT2D eigenvalue weighted by molar-refractivity contribution is 6.13. The van der Waals surface area contributed by atoms with Gasteiger partial charge in [-0.3, -0.25) is 0 Å². The Labute approximate surface area is 267 Å². The van der Waals surface area contributed by atoms with Gasteiger partial charge < -0.3 is 0 Å². The van der Waals surface area contributed by atoms with Crippen molar-refractivity contribution in [3.8, 4) is 78.7 Å². The van der Waals surface area contributed by atoms with Crippen LogP contribution in [0.1, 0.15) is 0 Å². The van der Waals surface area contributed by atoms with Gasteiger partial charge in [0.25, 0.3) is 0 Å². The van der Waals surface area contributed by atoms with Crippen LogP contribution in [0.25, 0.3) is 89.4 Å². The van der Waals surface area contributed by atoms with Gasteiger partial charge in [-0.25, -0.2) is 15.0 Å². The molecule has 3 nitrogen and oxygen atoms in total. The Morgan fingerprint density at radius 3 is 1.33 bits per heavy atom. The van der Waals surface area contributed by atoms with E-state index in [0.29, 0.717) is 17.5 Å². The number of rotatable bonds is 4. The lowest BCUT2D eigenvalue weighted by atomic mass is 9.92. The molecule has 0 unspecified atom stereocenters. The second kappa shape index (κ2) is 10.8. The maximum absolute atomic E-state index is 5.09. The van der Waals surface area contributed by atoms with E-state index in [1.165, 1.54) is 49.7 Å². The van der Waals surface area contributed by atoms with Gasteiger partial charge in [0, 0.05) is 16.7 Å². The topological polar surface area (TPSA) is 38.7 Å². The average Bonchev–Trinajstić information content (AvgIpc) is 3.26. The van der Waals surface area contributed by atoms with Crippen LogP contribution in [0.3, 0.4) is 0 Å². The standard InChI is InChI=1S/C43H27N3/c1-3-11-28(12-4-1)29-21-23-32(24-22-29)42-44-41(31-13-5-2-6-14-31)45-43(46-42)33-25-26-36-34-17-7-8-18-35(34)37-19-9-15-30-16-10-20-38(40(30)37)39(36)27-33/h1-27H. The van der Waals surface area contributed by atoms with Crippen molar-refractivity contribution in [2.75, 3.05) is 0 Å². The van der Waals surface area contributed by atoms with Gasteiger partial charge in [0.1, 0.15) is 0 Å². The van der Waals surface area contributed by atoms with E-state index in [9.17, 15) is 0 Å². The minimum absolute atomic E-state index is 0.649. The molecule has 0 spiro atoms. The third-order valence-corrected chi connectivity index (χ3v) is 8.90. The van der Waals surface area contributed by atoms with Crippen LogP contribution < -0.4 is 0 Å². The molecule has 0 atom stereocenters. The number of hydrogen-bond acceptors (Lipinski definition) is 3. The van der Waals surface area contributed by atoms with Crippen LogP contribution in [0.5, 0.6) is 0 Å². The summed E-state index contributed by atoms with van der Waals surface area (Å²) in [7, 11) is 0. The van der Waals surface area contributed by atoms with Crippen molar-refractivity contribution < 1.29 is 0 Å². The summed E-state index contributed by atoms with van der Waals surface area (Å²) in [5, 5.41) is 2.50. The molecule has 0 amide bonds. The highest BCUT2D eigenvalue weighted by Gasteiger charge is 2.22. The number of hydrogen-bond donors (Lipinski definition) is 0. The zero-order chi connectivity index (χ0) is 30.5. The molecule has 3 heteroatoms. The van der Waals surface area contributed by atoms with E-state index in [2.05, 4.69) is 127 Å². The van der Waals surface area contributed by atoms with Crippen LogP contribution in [-0.2, 0) is 0 Å². The summed E-state index contributed by atoms with van der Waals surface area (Å²) in [6.07, 6.45) is 0. The first-order valence-electron chi connectivity index (χ1n) is 15.5. The average molecular weight is 586 g/mol. The third-order valence-electron chi connectivity index (χ3n) is 8.90. The number of nitrogens with zero attached hydrogens (tertiary/aromatic N) is 3. The Morgan fingerprint density at radius 1 is 0.261 bits per heavy atom. The lowest BCUT2D eigenvalue weighted by Crippen LogP contribution is -2.00. The molecule has 1 aliphatic rings. The molecule has 0 saturated carbocycles. The molecule has 0 N–H and O–H groups in total. The zero-order valence-corrected chi connectivity index (χ0v) is 24.9. The first-order chi connectivity index (χ1) is 22.8. The first-order valence-corrected chi connectivity index (χ1v) is 15.5. The van der Waals surface area contributed by atoms with Crippen molar-refractivity contribution >= 4 is 10.8 Å². The van der Waals surface area contributed by atoms with Crippen LogP contribution in [0.15, 0.2) is 164 Å². The van der Waals surface area contributed by atoms with Gasteiger partial charge >= 0.3 is 0 Å². The van der Waals surface area contributed by atoms with Crippen LogP contribution in [0, 0.1) is 0 Å². The molecule has 1 heterocycles. The Hall–Kier alpha value is -6.19. The Kier molecular flexibility index (Phi) is 6.14. The number of aromatic nitrogens is 3. The summed E-state index contributed by atoms with van der Waals surface area (Å²) in [5.74, 6) is 1.95. The Bertz CT molecular complexity index is 2390. The molecular weight excluding hydrogens is 558 g/mol. The summed E-state index contributed by atoms with van der Waals surface area (Å²) >= 11 is 0. The molecular formula is C43H27N3. The molecule has 46 heavy (non-hydrogen) atoms. The molecule has 1 aromatic heterocycles. The van der Waals surface area contributed by atoms with E-state index in [0.717, 1.165) is 22.3 Å². The SMILES string of the molecule is c1ccc(-c2ccc(-c3nc(-c4ccccc4)nc(-c4ccc5c(c4)-c4cccc6cccc(c46)-c4ccccc4-5)n3)cc2)cc1. The van der Waals surface area contributed by atoms with Gasteiger partial charge in [-0.05, 0) is 61.3 Å². The first kappa shape index (κ1) is 26.2. The van der Waals surface area contributed by atoms with Crippen molar-refractivity contribution in [3.05, 3.63) is 164 Å². The fourth-order valence-corrected chi connectivity index (χ4v) is 6.68. The summed E-state index contributed by atoms with van der Waals surface area (Å²) in [6.45, 7) is 0. The van der Waals surface area contributed by atoms with Crippen molar-refractivity contribution in [2.24, 2.45) is 0 Å². The quantitative estimate of drug-likeness (QED) is 0.206. The van der Waals surface area contributed by atoms with E-state index in [1.54, 1.807) is 0 Å². The second-order valence-corrected chi connectivity index (χ2v) is 11.6. The van der Waals surface area contributed by atoms with Crippen LogP contribution in [0.4, 0.5) is 0 Å². The molecule has 9 rings (SSSR count). The molecule has 0 radical (unpaired) electrons. The highest BCUT2D eigenvalue weighted by atomic mass is 15.0. The number of benzene rings is 7. The Morgan fingerprint density at radius 2 is 0.674 bits per heavy atom. The summed E-state index contributed by atoms with van der Waals surface area (Å²) < 4.78 is 0. The lowest BCUT2D eigenvalue weighted by molar-refractivity contribution is 1.07. The van der Waals surface area contributed by atoms with E-state index < -0.39 is 0 Å². The monoisotopic (exact) mass is 585 g/mol. The molecule has 0 aliphatic heterocycles. The van der Waals surface area contributed by atoms with Gasteiger partial charge in [-0.2, -0.15) is 0 Å². The summed E-state index contributed by atoms with van der Waals surface area (Å²) in [6, 6.07) is 57.6. The number of fused-ring (bicyclic) bond motifs is 5.